The molecule has 0 unspecified atom stereocenters. The Morgan fingerprint density at radius 3 is 2.71 bits per heavy atom. The highest BCUT2D eigenvalue weighted by atomic mass is 32.2. The fourth-order valence-electron chi connectivity index (χ4n) is 1.11. The molecule has 2 rings (SSSR count). The molecule has 0 saturated heterocycles. The first-order valence-electron chi connectivity index (χ1n) is 4.92. The Balaban J connectivity index is 2.28. The molecule has 2 aromatic rings. The zero-order chi connectivity index (χ0) is 12.4. The number of aryl methyl sites for hydroxylation is 2. The van der Waals surface area contributed by atoms with E-state index >= 15 is 0 Å². The van der Waals surface area contributed by atoms with Crippen LogP contribution in [-0.4, -0.2) is 22.0 Å². The quantitative estimate of drug-likeness (QED) is 0.849. The normalized spacial score (nSPS) is 10.6. The number of hydrogen-bond donors (Lipinski definition) is 1. The molecule has 0 amide bonds. The van der Waals surface area contributed by atoms with Crippen molar-refractivity contribution < 1.29 is 8.81 Å². The lowest BCUT2D eigenvalue weighted by Crippen LogP contribution is -1.98. The van der Waals surface area contributed by atoms with Gasteiger partial charge in [-0.15, -0.1) is 0 Å². The molecule has 2 aromatic heterocycles. The molecule has 0 aromatic carbocycles. The molecule has 0 fully saturated rings. The lowest BCUT2D eigenvalue weighted by atomic mass is 10.4. The summed E-state index contributed by atoms with van der Waals surface area (Å²) >= 11 is 1.03. The van der Waals surface area contributed by atoms with Crippen LogP contribution in [0.25, 0.3) is 0 Å². The predicted molar refractivity (Wildman–Crippen MR) is 61.6 cm³/mol. The van der Waals surface area contributed by atoms with Crippen molar-refractivity contribution in [2.24, 2.45) is 0 Å². The Morgan fingerprint density at radius 1 is 1.35 bits per heavy atom. The molecule has 0 aliphatic heterocycles. The Morgan fingerprint density at radius 2 is 2.12 bits per heavy atom. The molecule has 1 N–H and O–H groups in total. The summed E-state index contributed by atoms with van der Waals surface area (Å²) in [6.45, 7) is 3.64. The average Bonchev–Trinajstić information content (AvgIpc) is 2.61. The fraction of sp³-hybridized carbons (Fsp3) is 0.300. The van der Waals surface area contributed by atoms with E-state index in [1.54, 1.807) is 7.05 Å². The van der Waals surface area contributed by atoms with Gasteiger partial charge in [0.05, 0.1) is 11.9 Å². The lowest BCUT2D eigenvalue weighted by molar-refractivity contribution is 0.430. The Labute approximate surface area is 102 Å². The zero-order valence-electron chi connectivity index (χ0n) is 9.61. The van der Waals surface area contributed by atoms with Crippen LogP contribution in [0.5, 0.6) is 0 Å². The van der Waals surface area contributed by atoms with E-state index in [1.807, 2.05) is 13.8 Å². The van der Waals surface area contributed by atoms with Crippen molar-refractivity contribution in [3.8, 4) is 0 Å². The topological polar surface area (TPSA) is 63.8 Å². The number of oxazole rings is 1. The highest BCUT2D eigenvalue weighted by Crippen LogP contribution is 2.28. The minimum absolute atomic E-state index is 0.186. The van der Waals surface area contributed by atoms with Crippen molar-refractivity contribution in [3.63, 3.8) is 0 Å². The summed E-state index contributed by atoms with van der Waals surface area (Å²) in [7, 11) is 1.67. The van der Waals surface area contributed by atoms with Crippen LogP contribution < -0.4 is 5.32 Å². The summed E-state index contributed by atoms with van der Waals surface area (Å²) in [5, 5.41) is 3.30. The molecule has 90 valence electrons. The molecule has 0 aliphatic rings. The van der Waals surface area contributed by atoms with Crippen molar-refractivity contribution in [1.82, 2.24) is 15.0 Å². The monoisotopic (exact) mass is 254 g/mol. The fourth-order valence-corrected chi connectivity index (χ4v) is 1.91. The van der Waals surface area contributed by atoms with E-state index in [0.29, 0.717) is 11.2 Å². The van der Waals surface area contributed by atoms with E-state index < -0.39 is 5.82 Å². The third-order valence-corrected chi connectivity index (χ3v) is 2.96. The maximum atomic E-state index is 13.5. The summed E-state index contributed by atoms with van der Waals surface area (Å²) < 4.78 is 18.8. The van der Waals surface area contributed by atoms with Crippen LogP contribution >= 0.6 is 11.8 Å². The van der Waals surface area contributed by atoms with Crippen LogP contribution in [0.2, 0.25) is 0 Å². The molecule has 17 heavy (non-hydrogen) atoms. The molecule has 0 radical (unpaired) electrons. The number of halogens is 1. The minimum atomic E-state index is -0.498. The maximum Gasteiger partial charge on any atom is 0.262 e. The highest BCUT2D eigenvalue weighted by molar-refractivity contribution is 7.99. The summed E-state index contributed by atoms with van der Waals surface area (Å²) in [5.74, 6) is 0.576. The van der Waals surface area contributed by atoms with Crippen LogP contribution in [-0.2, 0) is 0 Å². The minimum Gasteiger partial charge on any atom is -0.436 e. The molecule has 0 saturated carbocycles. The Hall–Kier alpha value is -1.63. The van der Waals surface area contributed by atoms with Crippen LogP contribution in [0.1, 0.15) is 11.5 Å². The number of anilines is 1. The first-order valence-corrected chi connectivity index (χ1v) is 5.74. The number of nitrogens with zero attached hydrogens (tertiary/aromatic N) is 3. The predicted octanol–water partition coefficient (Wildman–Crippen LogP) is 2.41. The van der Waals surface area contributed by atoms with Crippen molar-refractivity contribution in [3.05, 3.63) is 23.5 Å². The zero-order valence-corrected chi connectivity index (χ0v) is 10.4. The molecular formula is C10H11FN4OS. The summed E-state index contributed by atoms with van der Waals surface area (Å²) in [4.78, 5) is 11.9. The largest absolute Gasteiger partial charge is 0.436 e. The second-order valence-electron chi connectivity index (χ2n) is 3.32. The van der Waals surface area contributed by atoms with Crippen molar-refractivity contribution in [2.45, 2.75) is 24.1 Å². The van der Waals surface area contributed by atoms with Gasteiger partial charge in [0.1, 0.15) is 10.8 Å². The lowest BCUT2D eigenvalue weighted by Gasteiger charge is -2.01. The smallest absolute Gasteiger partial charge is 0.262 e. The molecule has 0 atom stereocenters. The first-order chi connectivity index (χ1) is 8.10. The van der Waals surface area contributed by atoms with Gasteiger partial charge in [-0.1, -0.05) is 0 Å². The van der Waals surface area contributed by atoms with Crippen molar-refractivity contribution >= 4 is 17.7 Å². The average molecular weight is 254 g/mol. The van der Waals surface area contributed by atoms with Gasteiger partial charge >= 0.3 is 0 Å². The second kappa shape index (κ2) is 4.70. The van der Waals surface area contributed by atoms with Crippen LogP contribution in [0.3, 0.4) is 0 Å². The van der Waals surface area contributed by atoms with Gasteiger partial charge in [-0.3, -0.25) is 0 Å². The first kappa shape index (κ1) is 11.8. The number of hydrogen-bond acceptors (Lipinski definition) is 6. The third kappa shape index (κ3) is 2.55. The standard InChI is InChI=1S/C10H11FN4OS/c1-5-6(2)16-10(14-5)17-8-7(11)4-13-9(12-3)15-8/h4H,1-3H3,(H,12,13,15). The van der Waals surface area contributed by atoms with E-state index in [9.17, 15) is 4.39 Å². The molecule has 0 spiro atoms. The van der Waals surface area contributed by atoms with Gasteiger partial charge in [0.2, 0.25) is 5.95 Å². The third-order valence-electron chi connectivity index (χ3n) is 2.13. The molecular weight excluding hydrogens is 243 g/mol. The van der Waals surface area contributed by atoms with Gasteiger partial charge in [-0.25, -0.2) is 19.3 Å². The number of aromatic nitrogens is 3. The molecule has 2 heterocycles. The molecule has 5 nitrogen and oxygen atoms in total. The van der Waals surface area contributed by atoms with Crippen LogP contribution in [0.15, 0.2) is 20.9 Å². The van der Waals surface area contributed by atoms with E-state index in [0.717, 1.165) is 29.4 Å². The van der Waals surface area contributed by atoms with Gasteiger partial charge < -0.3 is 9.73 Å². The summed E-state index contributed by atoms with van der Waals surface area (Å²) in [6.07, 6.45) is 1.11. The molecule has 7 heteroatoms. The van der Waals surface area contributed by atoms with Crippen molar-refractivity contribution in [1.29, 1.82) is 0 Å². The summed E-state index contributed by atoms with van der Waals surface area (Å²) in [6, 6.07) is 0. The van der Waals surface area contributed by atoms with E-state index in [-0.39, 0.29) is 5.03 Å². The summed E-state index contributed by atoms with van der Waals surface area (Å²) in [5.41, 5.74) is 0.788. The van der Waals surface area contributed by atoms with Crippen molar-refractivity contribution in [2.75, 3.05) is 12.4 Å². The maximum absolute atomic E-state index is 13.5. The number of nitrogens with one attached hydrogen (secondary N) is 1. The van der Waals surface area contributed by atoms with Gasteiger partial charge in [0, 0.05) is 7.05 Å². The van der Waals surface area contributed by atoms with Gasteiger partial charge in [-0.2, -0.15) is 0 Å². The van der Waals surface area contributed by atoms with E-state index in [4.69, 9.17) is 4.42 Å². The van der Waals surface area contributed by atoms with Gasteiger partial charge in [-0.05, 0) is 25.6 Å². The van der Waals surface area contributed by atoms with Gasteiger partial charge in [0.25, 0.3) is 5.22 Å². The van der Waals surface area contributed by atoms with E-state index in [1.165, 1.54) is 0 Å². The highest BCUT2D eigenvalue weighted by Gasteiger charge is 2.13. The van der Waals surface area contributed by atoms with Crippen LogP contribution in [0.4, 0.5) is 10.3 Å². The van der Waals surface area contributed by atoms with Gasteiger partial charge in [0.15, 0.2) is 5.82 Å². The molecule has 0 bridgehead atoms. The van der Waals surface area contributed by atoms with E-state index in [2.05, 4.69) is 20.3 Å². The van der Waals surface area contributed by atoms with Crippen LogP contribution in [0, 0.1) is 19.7 Å². The number of rotatable bonds is 3. The second-order valence-corrected chi connectivity index (χ2v) is 4.26. The Kier molecular flexibility index (Phi) is 3.28. The SMILES string of the molecule is CNc1ncc(F)c(Sc2nc(C)c(C)o2)n1. The molecule has 0 aliphatic carbocycles. The Bertz CT molecular complexity index is 524.